The van der Waals surface area contributed by atoms with Crippen molar-refractivity contribution in [2.45, 2.75) is 49.4 Å². The predicted octanol–water partition coefficient (Wildman–Crippen LogP) is 10.5. The van der Waals surface area contributed by atoms with Crippen LogP contribution < -0.4 is 43.1 Å². The lowest BCUT2D eigenvalue weighted by molar-refractivity contribution is -0.637. The van der Waals surface area contributed by atoms with Gasteiger partial charge in [-0.2, -0.15) is 136 Å². The molecule has 2 aromatic heterocycles. The molecule has 0 aliphatic rings. The molecule has 30 heteroatoms. The van der Waals surface area contributed by atoms with Crippen LogP contribution in [0.1, 0.15) is 44.5 Å². The highest BCUT2D eigenvalue weighted by Gasteiger charge is 2.47. The van der Waals surface area contributed by atoms with E-state index in [2.05, 4.69) is 0 Å². The first-order chi connectivity index (χ1) is 31.5. The van der Waals surface area contributed by atoms with Gasteiger partial charge in [-0.05, 0) is 24.3 Å². The Morgan fingerprint density at radius 2 is 0.443 bits per heavy atom. The SMILES string of the molecule is FC(F)(F)c1cc([B-](c2cc(C(F)(F)F)cc(C(F)(F)F)c2)(c2cc(C(F)(F)F)cc(C(F)(F)F)c2)c2cc(C(F)(F)F)cc(C(F)(F)F)c2)cc(C(F)(F)F)c1.Fc1ccc([I+]c2ccc(F)o2)o1. The van der Waals surface area contributed by atoms with E-state index >= 15 is 0 Å². The van der Waals surface area contributed by atoms with Gasteiger partial charge >= 0.3 is 78.1 Å². The summed E-state index contributed by atoms with van der Waals surface area (Å²) in [6, 6.07) is -4.53. The van der Waals surface area contributed by atoms with E-state index in [1.807, 2.05) is 0 Å². The molecule has 0 aliphatic heterocycles. The monoisotopic (exact) mass is 1160 g/mol. The molecule has 0 bridgehead atoms. The average molecular weight is 1160 g/mol. The van der Waals surface area contributed by atoms with Gasteiger partial charge in [0.15, 0.2) is 0 Å². The van der Waals surface area contributed by atoms with Gasteiger partial charge in [0.1, 0.15) is 6.15 Å². The van der Waals surface area contributed by atoms with E-state index < -0.39 is 228 Å². The summed E-state index contributed by atoms with van der Waals surface area (Å²) in [5.41, 5.74) is -30.2. The Balaban J connectivity index is 0.000000600. The third kappa shape index (κ3) is 12.7. The maximum Gasteiger partial charge on any atom is 0.443 e. The van der Waals surface area contributed by atoms with Crippen LogP contribution in [-0.2, 0) is 49.4 Å². The Kier molecular flexibility index (Phi) is 14.7. The summed E-state index contributed by atoms with van der Waals surface area (Å²) in [5.74, 6) is 0. The first-order valence-corrected chi connectivity index (χ1v) is 20.2. The molecule has 70 heavy (non-hydrogen) atoms. The van der Waals surface area contributed by atoms with Gasteiger partial charge in [0.05, 0.1) is 44.5 Å². The van der Waals surface area contributed by atoms with Crippen molar-refractivity contribution in [3.05, 3.63) is 161 Å². The lowest BCUT2D eigenvalue weighted by Gasteiger charge is -2.46. The van der Waals surface area contributed by atoms with Crippen molar-refractivity contribution < 1.29 is 144 Å². The number of halogens is 27. The third-order valence-electron chi connectivity index (χ3n) is 9.71. The summed E-state index contributed by atoms with van der Waals surface area (Å²) in [7, 11) is 0. The van der Waals surface area contributed by atoms with E-state index in [4.69, 9.17) is 8.83 Å². The fraction of sp³-hybridized carbons (Fsp3) is 0.200. The molecule has 0 spiro atoms. The Labute approximate surface area is 382 Å². The summed E-state index contributed by atoms with van der Waals surface area (Å²) >= 11 is -0.743. The molecule has 2 nitrogen and oxygen atoms in total. The molecule has 6 rings (SSSR count). The van der Waals surface area contributed by atoms with E-state index in [1.165, 1.54) is 24.3 Å². The molecule has 4 aromatic carbocycles. The maximum absolute atomic E-state index is 14.2. The largest absolute Gasteiger partial charge is 0.443 e. The van der Waals surface area contributed by atoms with Crippen molar-refractivity contribution >= 4 is 28.0 Å². The van der Waals surface area contributed by atoms with E-state index in [9.17, 15) is 114 Å². The predicted molar refractivity (Wildman–Crippen MR) is 185 cm³/mol. The fourth-order valence-corrected chi connectivity index (χ4v) is 8.73. The fourth-order valence-electron chi connectivity index (χ4n) is 6.85. The van der Waals surface area contributed by atoms with Crippen LogP contribution in [0.15, 0.2) is 106 Å². The van der Waals surface area contributed by atoms with Crippen LogP contribution in [0.4, 0.5) is 114 Å². The minimum Gasteiger partial charge on any atom is -0.391 e. The van der Waals surface area contributed by atoms with Gasteiger partial charge in [-0.3, -0.25) is 0 Å². The van der Waals surface area contributed by atoms with Crippen LogP contribution in [0.3, 0.4) is 0 Å². The average Bonchev–Trinajstić information content (AvgIpc) is 3.81. The van der Waals surface area contributed by atoms with Crippen molar-refractivity contribution in [1.82, 2.24) is 0 Å². The van der Waals surface area contributed by atoms with Gasteiger partial charge < -0.3 is 8.83 Å². The van der Waals surface area contributed by atoms with Crippen LogP contribution >= 0.6 is 0 Å². The van der Waals surface area contributed by atoms with Gasteiger partial charge in [-0.25, -0.2) is 0 Å². The normalized spacial score (nSPS) is 13.6. The number of hydrogen-bond donors (Lipinski definition) is 0. The summed E-state index contributed by atoms with van der Waals surface area (Å²) in [5, 5.41) is 0. The Bertz CT molecular complexity index is 2360. The number of hydrogen-bond acceptors (Lipinski definition) is 2. The van der Waals surface area contributed by atoms with Gasteiger partial charge in [-0.1, -0.05) is 48.5 Å². The number of benzene rings is 4. The summed E-state index contributed by atoms with van der Waals surface area (Å²) in [6.45, 7) is 0. The smallest absolute Gasteiger partial charge is 0.391 e. The van der Waals surface area contributed by atoms with Gasteiger partial charge in [-0.15, -0.1) is 0 Å². The molecule has 2 heterocycles. The summed E-state index contributed by atoms with van der Waals surface area (Å²) in [4.78, 5) is 0. The topological polar surface area (TPSA) is 26.3 Å². The molecule has 0 saturated heterocycles. The molecule has 0 N–H and O–H groups in total. The van der Waals surface area contributed by atoms with Crippen molar-refractivity contribution in [3.63, 3.8) is 0 Å². The van der Waals surface area contributed by atoms with Crippen molar-refractivity contribution in [3.8, 4) is 0 Å². The Morgan fingerprint density at radius 3 is 0.571 bits per heavy atom. The van der Waals surface area contributed by atoms with E-state index in [-0.39, 0.29) is 0 Å². The minimum absolute atomic E-state index is 0.519. The van der Waals surface area contributed by atoms with Crippen LogP contribution in [0.25, 0.3) is 0 Å². The molecule has 380 valence electrons. The zero-order chi connectivity index (χ0) is 53.2. The molecule has 6 aromatic rings. The zero-order valence-corrected chi connectivity index (χ0v) is 35.0. The standard InChI is InChI=1S/C32H12BF24.C8H4F2IO2/c34-25(35,36)13-1-14(26(37,38)39)6-21(5-13)33(22-7-15(27(40,41)42)2-16(8-22)28(43,44)45,23-9-17(29(46,47)48)3-18(10-23)30(49,50)51)24-11-19(31(52,53)54)4-20(12-24)32(55,56)57;9-5-1-3-7(12-5)11-8-4-2-6(10)13-8/h1-12H;1-4H/q-1;+1. The maximum atomic E-state index is 14.2. The molecule has 0 aliphatic carbocycles. The lowest BCUT2D eigenvalue weighted by atomic mass is 9.12. The molecule has 0 saturated carbocycles. The molecular weight excluding hydrogens is 1140 g/mol. The second kappa shape index (κ2) is 18.5. The van der Waals surface area contributed by atoms with Crippen molar-refractivity contribution in [2.75, 3.05) is 0 Å². The molecule has 0 radical (unpaired) electrons. The number of rotatable bonds is 6. The highest BCUT2D eigenvalue weighted by atomic mass is 127. The molecule has 0 atom stereocenters. The van der Waals surface area contributed by atoms with Crippen LogP contribution in [0.5, 0.6) is 0 Å². The second-order valence-corrected chi connectivity index (χ2v) is 17.1. The van der Waals surface area contributed by atoms with Crippen LogP contribution in [0, 0.1) is 19.6 Å². The Morgan fingerprint density at radius 1 is 0.271 bits per heavy atom. The molecular formula is C40H16BF26IO2. The van der Waals surface area contributed by atoms with Crippen molar-refractivity contribution in [1.29, 1.82) is 0 Å². The van der Waals surface area contributed by atoms with Gasteiger partial charge in [0.2, 0.25) is 0 Å². The summed E-state index contributed by atoms with van der Waals surface area (Å²) in [6.07, 6.45) is -54.8. The first kappa shape index (κ1) is 55.3. The summed E-state index contributed by atoms with van der Waals surface area (Å²) < 4.78 is 376. The molecule has 0 unspecified atom stereocenters. The van der Waals surface area contributed by atoms with Crippen molar-refractivity contribution in [2.24, 2.45) is 0 Å². The van der Waals surface area contributed by atoms with Crippen LogP contribution in [-0.4, -0.2) is 6.15 Å². The van der Waals surface area contributed by atoms with Crippen LogP contribution in [0.2, 0.25) is 0 Å². The Hall–Kier alpha value is -5.59. The highest BCUT2D eigenvalue weighted by molar-refractivity contribution is 7.20. The highest BCUT2D eigenvalue weighted by Crippen LogP contribution is 2.41. The van der Waals surface area contributed by atoms with Gasteiger partial charge in [0, 0.05) is 24.3 Å². The second-order valence-electron chi connectivity index (χ2n) is 14.4. The first-order valence-electron chi connectivity index (χ1n) is 18.0. The third-order valence-corrected chi connectivity index (χ3v) is 11.9. The lowest BCUT2D eigenvalue weighted by Crippen LogP contribution is -3.61. The van der Waals surface area contributed by atoms with E-state index in [0.717, 1.165) is 0 Å². The minimum atomic E-state index is -6.13. The van der Waals surface area contributed by atoms with E-state index in [1.54, 1.807) is 0 Å². The van der Waals surface area contributed by atoms with Gasteiger partial charge in [0.25, 0.3) is 12.0 Å². The molecule has 0 amide bonds. The zero-order valence-electron chi connectivity index (χ0n) is 32.8. The molecule has 0 fully saturated rings. The number of alkyl halides is 24. The quantitative estimate of drug-likeness (QED) is 0.0944. The van der Waals surface area contributed by atoms with E-state index in [0.29, 0.717) is 7.53 Å². The number of furan rings is 2.